The summed E-state index contributed by atoms with van der Waals surface area (Å²) in [7, 11) is 1.61. The summed E-state index contributed by atoms with van der Waals surface area (Å²) in [6.45, 7) is 7.39. The highest BCUT2D eigenvalue weighted by Gasteiger charge is 2.24. The van der Waals surface area contributed by atoms with E-state index in [0.29, 0.717) is 33.5 Å². The normalized spacial score (nSPS) is 11.1. The molecular formula is C25H27Cl2N3O2S. The lowest BCUT2D eigenvalue weighted by Crippen LogP contribution is -2.39. The van der Waals surface area contributed by atoms with Crippen molar-refractivity contribution in [3.63, 3.8) is 0 Å². The molecule has 0 saturated heterocycles. The molecule has 33 heavy (non-hydrogen) atoms. The average molecular weight is 504 g/mol. The molecular weight excluding hydrogens is 477 g/mol. The number of nitrogens with zero attached hydrogens (tertiary/aromatic N) is 3. The number of fused-ring (bicyclic) bond motifs is 2. The van der Waals surface area contributed by atoms with Gasteiger partial charge in [0.15, 0.2) is 5.13 Å². The Hall–Kier alpha value is -2.38. The van der Waals surface area contributed by atoms with Crippen molar-refractivity contribution in [3.05, 3.63) is 65.2 Å². The Morgan fingerprint density at radius 2 is 1.76 bits per heavy atom. The van der Waals surface area contributed by atoms with Crippen molar-refractivity contribution in [2.24, 2.45) is 0 Å². The van der Waals surface area contributed by atoms with Crippen molar-refractivity contribution in [2.45, 2.75) is 13.8 Å². The topological polar surface area (TPSA) is 45.7 Å². The summed E-state index contributed by atoms with van der Waals surface area (Å²) in [6, 6.07) is 17.4. The van der Waals surface area contributed by atoms with Crippen LogP contribution in [0.25, 0.3) is 21.0 Å². The minimum Gasteiger partial charge on any atom is -0.494 e. The molecule has 1 heterocycles. The van der Waals surface area contributed by atoms with E-state index in [-0.39, 0.29) is 18.3 Å². The van der Waals surface area contributed by atoms with Crippen LogP contribution in [0.1, 0.15) is 24.2 Å². The predicted octanol–water partition coefficient (Wildman–Crippen LogP) is 6.52. The standard InChI is InChI=1S/C25H26ClN3O2S.ClH/c1-4-28(5-2)15-16-29(24(30)19-12-8-10-17-9-6-7-11-18(17)19)25-27-22-21(31-3)14-13-20(26)23(22)32-25;/h6-14H,4-5,15-16H2,1-3H3;1H. The highest BCUT2D eigenvalue weighted by atomic mass is 35.5. The van der Waals surface area contributed by atoms with Gasteiger partial charge < -0.3 is 9.64 Å². The number of amides is 1. The van der Waals surface area contributed by atoms with E-state index >= 15 is 0 Å². The van der Waals surface area contributed by atoms with Crippen LogP contribution < -0.4 is 9.64 Å². The molecule has 0 fully saturated rings. The molecule has 0 aliphatic rings. The predicted molar refractivity (Wildman–Crippen MR) is 142 cm³/mol. The zero-order valence-electron chi connectivity index (χ0n) is 18.9. The molecule has 0 saturated carbocycles. The highest BCUT2D eigenvalue weighted by Crippen LogP contribution is 2.39. The SMILES string of the molecule is CCN(CC)CCN(C(=O)c1cccc2ccccc12)c1nc2c(OC)ccc(Cl)c2s1.Cl. The zero-order chi connectivity index (χ0) is 22.7. The lowest BCUT2D eigenvalue weighted by Gasteiger charge is -2.25. The van der Waals surface area contributed by atoms with Crippen LogP contribution in [0.4, 0.5) is 5.13 Å². The van der Waals surface area contributed by atoms with Crippen LogP contribution >= 0.6 is 35.3 Å². The summed E-state index contributed by atoms with van der Waals surface area (Å²) >= 11 is 7.87. The maximum absolute atomic E-state index is 13.9. The summed E-state index contributed by atoms with van der Waals surface area (Å²) in [6.07, 6.45) is 0. The van der Waals surface area contributed by atoms with E-state index < -0.39 is 0 Å². The molecule has 0 bridgehead atoms. The van der Waals surface area contributed by atoms with E-state index in [1.165, 1.54) is 11.3 Å². The average Bonchev–Trinajstić information content (AvgIpc) is 3.27. The summed E-state index contributed by atoms with van der Waals surface area (Å²) in [4.78, 5) is 22.7. The molecule has 0 aliphatic heterocycles. The van der Waals surface area contributed by atoms with Crippen LogP contribution in [0, 0.1) is 0 Å². The number of halogens is 2. The zero-order valence-corrected chi connectivity index (χ0v) is 21.3. The van der Waals surface area contributed by atoms with Gasteiger partial charge in [-0.1, -0.05) is 73.2 Å². The molecule has 3 aromatic carbocycles. The molecule has 1 amide bonds. The Balaban J connectivity index is 0.00000306. The van der Waals surface area contributed by atoms with Gasteiger partial charge in [-0.25, -0.2) is 4.98 Å². The lowest BCUT2D eigenvalue weighted by molar-refractivity contribution is 0.0985. The van der Waals surface area contributed by atoms with Crippen molar-refractivity contribution < 1.29 is 9.53 Å². The molecule has 8 heteroatoms. The van der Waals surface area contributed by atoms with Crippen LogP contribution in [0.5, 0.6) is 5.75 Å². The molecule has 1 aromatic heterocycles. The number of ether oxygens (including phenoxy) is 1. The quantitative estimate of drug-likeness (QED) is 0.274. The van der Waals surface area contributed by atoms with Crippen LogP contribution in [0.3, 0.4) is 0 Å². The second kappa shape index (κ2) is 11.2. The number of methoxy groups -OCH3 is 1. The van der Waals surface area contributed by atoms with Gasteiger partial charge >= 0.3 is 0 Å². The molecule has 0 spiro atoms. The van der Waals surface area contributed by atoms with Crippen LogP contribution in [-0.2, 0) is 0 Å². The summed E-state index contributed by atoms with van der Waals surface area (Å²) < 4.78 is 6.30. The van der Waals surface area contributed by atoms with Crippen molar-refractivity contribution in [1.29, 1.82) is 0 Å². The molecule has 4 aromatic rings. The number of benzene rings is 3. The maximum Gasteiger partial charge on any atom is 0.260 e. The van der Waals surface area contributed by atoms with Gasteiger partial charge in [0.2, 0.25) is 0 Å². The molecule has 0 N–H and O–H groups in total. The molecule has 0 unspecified atom stereocenters. The third-order valence-corrected chi connectivity index (χ3v) is 7.24. The fourth-order valence-corrected chi connectivity index (χ4v) is 5.12. The third kappa shape index (κ3) is 5.09. The summed E-state index contributed by atoms with van der Waals surface area (Å²) in [5.74, 6) is 0.580. The number of thiazole rings is 1. The van der Waals surface area contributed by atoms with Crippen molar-refractivity contribution in [2.75, 3.05) is 38.2 Å². The summed E-state index contributed by atoms with van der Waals surface area (Å²) in [5, 5.41) is 3.20. The third-order valence-electron chi connectivity index (χ3n) is 5.70. The van der Waals surface area contributed by atoms with Gasteiger partial charge in [-0.15, -0.1) is 12.4 Å². The van der Waals surface area contributed by atoms with Crippen molar-refractivity contribution >= 4 is 67.4 Å². The van der Waals surface area contributed by atoms with Gasteiger partial charge in [0.05, 0.1) is 16.8 Å². The minimum atomic E-state index is -0.0666. The van der Waals surface area contributed by atoms with E-state index in [2.05, 4.69) is 18.7 Å². The Labute approximate surface area is 209 Å². The Kier molecular flexibility index (Phi) is 8.54. The largest absolute Gasteiger partial charge is 0.494 e. The number of hydrogen-bond acceptors (Lipinski definition) is 5. The number of aromatic nitrogens is 1. The van der Waals surface area contributed by atoms with E-state index in [1.807, 2.05) is 42.5 Å². The van der Waals surface area contributed by atoms with Crippen molar-refractivity contribution in [1.82, 2.24) is 9.88 Å². The van der Waals surface area contributed by atoms with Crippen LogP contribution in [-0.4, -0.2) is 49.1 Å². The number of carbonyl (C=O) groups excluding carboxylic acids is 1. The van der Waals surface area contributed by atoms with E-state index in [9.17, 15) is 4.79 Å². The lowest BCUT2D eigenvalue weighted by atomic mass is 10.0. The van der Waals surface area contributed by atoms with E-state index in [1.54, 1.807) is 24.1 Å². The maximum atomic E-state index is 13.9. The number of anilines is 1. The Bertz CT molecular complexity index is 1250. The molecule has 0 radical (unpaired) electrons. The number of carbonyl (C=O) groups is 1. The first-order valence-corrected chi connectivity index (χ1v) is 11.9. The molecule has 5 nitrogen and oxygen atoms in total. The van der Waals surface area contributed by atoms with Crippen molar-refractivity contribution in [3.8, 4) is 5.75 Å². The van der Waals surface area contributed by atoms with Gasteiger partial charge in [-0.3, -0.25) is 9.69 Å². The molecule has 0 atom stereocenters. The van der Waals surface area contributed by atoms with Crippen LogP contribution in [0.2, 0.25) is 5.02 Å². The van der Waals surface area contributed by atoms with Gasteiger partial charge in [-0.2, -0.15) is 0 Å². The second-order valence-corrected chi connectivity index (χ2v) is 8.82. The molecule has 174 valence electrons. The van der Waals surface area contributed by atoms with Gasteiger partial charge in [0, 0.05) is 18.7 Å². The minimum absolute atomic E-state index is 0. The number of hydrogen-bond donors (Lipinski definition) is 0. The van der Waals surface area contributed by atoms with E-state index in [0.717, 1.165) is 35.1 Å². The Morgan fingerprint density at radius 1 is 1.03 bits per heavy atom. The number of rotatable bonds is 8. The van der Waals surface area contributed by atoms with Gasteiger partial charge in [-0.05, 0) is 42.1 Å². The molecule has 0 aliphatic carbocycles. The first kappa shape index (κ1) is 25.2. The highest BCUT2D eigenvalue weighted by molar-refractivity contribution is 7.23. The van der Waals surface area contributed by atoms with Gasteiger partial charge in [0.1, 0.15) is 11.3 Å². The van der Waals surface area contributed by atoms with E-state index in [4.69, 9.17) is 21.3 Å². The Morgan fingerprint density at radius 3 is 2.48 bits per heavy atom. The van der Waals surface area contributed by atoms with Crippen LogP contribution in [0.15, 0.2) is 54.6 Å². The number of likely N-dealkylation sites (N-methyl/N-ethyl adjacent to an activating group) is 1. The first-order chi connectivity index (χ1) is 15.6. The second-order valence-electron chi connectivity index (χ2n) is 7.43. The monoisotopic (exact) mass is 503 g/mol. The van der Waals surface area contributed by atoms with Gasteiger partial charge in [0.25, 0.3) is 5.91 Å². The fraction of sp³-hybridized carbons (Fsp3) is 0.280. The first-order valence-electron chi connectivity index (χ1n) is 10.7. The molecule has 4 rings (SSSR count). The summed E-state index contributed by atoms with van der Waals surface area (Å²) in [5.41, 5.74) is 1.35. The fourth-order valence-electron chi connectivity index (χ4n) is 3.84. The smallest absolute Gasteiger partial charge is 0.260 e.